The summed E-state index contributed by atoms with van der Waals surface area (Å²) in [5.41, 5.74) is 0. The normalized spacial score (nSPS) is 23.4. The predicted octanol–water partition coefficient (Wildman–Crippen LogP) is 3.34. The molecule has 0 aromatic rings. The number of aliphatic imine (C=N–C) groups is 1. The zero-order valence-corrected chi connectivity index (χ0v) is 15.9. The van der Waals surface area contributed by atoms with E-state index in [-0.39, 0.29) is 23.5 Å². The van der Waals surface area contributed by atoms with E-state index in [0.717, 1.165) is 50.2 Å². The van der Waals surface area contributed by atoms with Gasteiger partial charge in [-0.1, -0.05) is 51.3 Å². The van der Waals surface area contributed by atoms with Crippen molar-refractivity contribution in [3.05, 3.63) is 0 Å². The molecule has 0 aromatic carbocycles. The maximum Gasteiger partial charge on any atom is 0.242 e. The molecule has 2 amide bonds. The zero-order valence-electron chi connectivity index (χ0n) is 15.1. The molecule has 1 saturated heterocycles. The molecule has 0 aromatic heterocycles. The molecule has 6 heteroatoms. The summed E-state index contributed by atoms with van der Waals surface area (Å²) in [7, 11) is 0. The molecule has 2 rings (SSSR count). The molecule has 136 valence electrons. The van der Waals surface area contributed by atoms with Crippen LogP contribution in [0.4, 0.5) is 0 Å². The molecule has 0 spiro atoms. The van der Waals surface area contributed by atoms with Crippen molar-refractivity contribution in [3.8, 4) is 0 Å². The number of nitrogens with one attached hydrogen (secondary N) is 1. The van der Waals surface area contributed by atoms with Gasteiger partial charge in [0.15, 0.2) is 5.17 Å². The van der Waals surface area contributed by atoms with Gasteiger partial charge in [0.05, 0.1) is 0 Å². The molecule has 0 radical (unpaired) electrons. The minimum atomic E-state index is -0.302. The molecule has 1 aliphatic heterocycles. The Bertz CT molecular complexity index is 461. The highest BCUT2D eigenvalue weighted by molar-refractivity contribution is 8.15. The first-order valence-electron chi connectivity index (χ1n) is 9.47. The Balaban J connectivity index is 1.92. The summed E-state index contributed by atoms with van der Waals surface area (Å²) in [5, 5.41) is 3.61. The topological polar surface area (TPSA) is 61.8 Å². The molecule has 2 aliphatic rings. The van der Waals surface area contributed by atoms with Crippen LogP contribution in [0.15, 0.2) is 4.99 Å². The summed E-state index contributed by atoms with van der Waals surface area (Å²) < 4.78 is 0. The minimum Gasteiger partial charge on any atom is -0.353 e. The number of rotatable bonds is 9. The van der Waals surface area contributed by atoms with Crippen LogP contribution in [0.25, 0.3) is 0 Å². The molecule has 1 aliphatic carbocycles. The number of unbranched alkanes of at least 4 members (excludes halogenated alkanes) is 2. The lowest BCUT2D eigenvalue weighted by atomic mass is 10.2. The first kappa shape index (κ1) is 19.3. The van der Waals surface area contributed by atoms with Crippen molar-refractivity contribution in [1.29, 1.82) is 0 Å². The van der Waals surface area contributed by atoms with Crippen molar-refractivity contribution in [3.63, 3.8) is 0 Å². The van der Waals surface area contributed by atoms with Crippen molar-refractivity contribution in [2.24, 2.45) is 4.99 Å². The lowest BCUT2D eigenvalue weighted by Crippen LogP contribution is -2.37. The maximum absolute atomic E-state index is 12.7. The van der Waals surface area contributed by atoms with Crippen LogP contribution < -0.4 is 5.32 Å². The SMILES string of the molecule is CCCCN=C1SC(CC(=O)NC2CCCC2)C(=O)N1CCCC. The average molecular weight is 354 g/mol. The van der Waals surface area contributed by atoms with Crippen LogP contribution in [0, 0.1) is 0 Å². The van der Waals surface area contributed by atoms with Crippen molar-refractivity contribution >= 4 is 28.7 Å². The van der Waals surface area contributed by atoms with Crippen LogP contribution in [0.2, 0.25) is 0 Å². The lowest BCUT2D eigenvalue weighted by molar-refractivity contribution is -0.129. The van der Waals surface area contributed by atoms with Crippen LogP contribution in [0.1, 0.15) is 71.6 Å². The Kier molecular flexibility index (Phi) is 8.09. The summed E-state index contributed by atoms with van der Waals surface area (Å²) in [6, 6.07) is 0.313. The van der Waals surface area contributed by atoms with Gasteiger partial charge in [0, 0.05) is 25.6 Å². The molecule has 5 nitrogen and oxygen atoms in total. The Hall–Kier alpha value is -1.04. The van der Waals surface area contributed by atoms with Gasteiger partial charge in [0.2, 0.25) is 11.8 Å². The minimum absolute atomic E-state index is 0.0120. The van der Waals surface area contributed by atoms with E-state index in [4.69, 9.17) is 0 Å². The first-order valence-corrected chi connectivity index (χ1v) is 10.4. The summed E-state index contributed by atoms with van der Waals surface area (Å²) in [5.74, 6) is 0.0725. The monoisotopic (exact) mass is 353 g/mol. The Labute approximate surface area is 150 Å². The van der Waals surface area contributed by atoms with Crippen LogP contribution in [-0.4, -0.2) is 46.3 Å². The van der Waals surface area contributed by atoms with Gasteiger partial charge in [-0.05, 0) is 25.7 Å². The highest BCUT2D eigenvalue weighted by Crippen LogP contribution is 2.30. The van der Waals surface area contributed by atoms with Gasteiger partial charge in [-0.25, -0.2) is 0 Å². The van der Waals surface area contributed by atoms with Crippen LogP contribution >= 0.6 is 11.8 Å². The largest absolute Gasteiger partial charge is 0.353 e. The molecule has 1 unspecified atom stereocenters. The van der Waals surface area contributed by atoms with E-state index in [2.05, 4.69) is 24.2 Å². The van der Waals surface area contributed by atoms with E-state index in [1.807, 2.05) is 0 Å². The Morgan fingerprint density at radius 1 is 1.25 bits per heavy atom. The van der Waals surface area contributed by atoms with Gasteiger partial charge < -0.3 is 5.32 Å². The fourth-order valence-corrected chi connectivity index (χ4v) is 4.33. The number of carbonyl (C=O) groups is 2. The first-order chi connectivity index (χ1) is 11.7. The predicted molar refractivity (Wildman–Crippen MR) is 100 cm³/mol. The molecule has 0 bridgehead atoms. The van der Waals surface area contributed by atoms with E-state index in [1.54, 1.807) is 4.90 Å². The Morgan fingerprint density at radius 2 is 1.96 bits per heavy atom. The fraction of sp³-hybridized carbons (Fsp3) is 0.833. The fourth-order valence-electron chi connectivity index (χ4n) is 3.14. The number of amidine groups is 1. The number of hydrogen-bond acceptors (Lipinski definition) is 4. The number of amides is 2. The summed E-state index contributed by atoms with van der Waals surface area (Å²) in [6.07, 6.45) is 8.96. The van der Waals surface area contributed by atoms with Gasteiger partial charge in [0.25, 0.3) is 0 Å². The lowest BCUT2D eigenvalue weighted by Gasteiger charge is -2.16. The number of carbonyl (C=O) groups excluding carboxylic acids is 2. The molecular weight excluding hydrogens is 322 g/mol. The summed E-state index contributed by atoms with van der Waals surface area (Å²) in [4.78, 5) is 31.3. The third kappa shape index (κ3) is 5.50. The highest BCUT2D eigenvalue weighted by Gasteiger charge is 2.38. The second-order valence-electron chi connectivity index (χ2n) is 6.72. The van der Waals surface area contributed by atoms with E-state index in [0.29, 0.717) is 12.6 Å². The second-order valence-corrected chi connectivity index (χ2v) is 7.89. The quantitative estimate of drug-likeness (QED) is 0.647. The van der Waals surface area contributed by atoms with E-state index < -0.39 is 0 Å². The van der Waals surface area contributed by atoms with Gasteiger partial charge in [0.1, 0.15) is 5.25 Å². The standard InChI is InChI=1S/C18H31N3O2S/c1-3-5-11-19-18-21(12-6-4-2)17(23)15(24-18)13-16(22)20-14-9-7-8-10-14/h14-15H,3-13H2,1-2H3,(H,20,22). The zero-order chi connectivity index (χ0) is 17.4. The van der Waals surface area contributed by atoms with Crippen molar-refractivity contribution in [1.82, 2.24) is 10.2 Å². The molecule has 1 N–H and O–H groups in total. The van der Waals surface area contributed by atoms with E-state index in [1.165, 1.54) is 24.6 Å². The van der Waals surface area contributed by atoms with Gasteiger partial charge in [-0.15, -0.1) is 0 Å². The van der Waals surface area contributed by atoms with E-state index in [9.17, 15) is 9.59 Å². The summed E-state index contributed by atoms with van der Waals surface area (Å²) in [6.45, 7) is 5.73. The highest BCUT2D eigenvalue weighted by atomic mass is 32.2. The van der Waals surface area contributed by atoms with Crippen molar-refractivity contribution in [2.75, 3.05) is 13.1 Å². The van der Waals surface area contributed by atoms with E-state index >= 15 is 0 Å². The molecule has 2 fully saturated rings. The van der Waals surface area contributed by atoms with Gasteiger partial charge in [-0.3, -0.25) is 19.5 Å². The molecule has 1 heterocycles. The number of nitrogens with zero attached hydrogens (tertiary/aromatic N) is 2. The maximum atomic E-state index is 12.7. The van der Waals surface area contributed by atoms with Crippen LogP contribution in [-0.2, 0) is 9.59 Å². The third-order valence-electron chi connectivity index (χ3n) is 4.61. The number of thioether (sulfide) groups is 1. The van der Waals surface area contributed by atoms with Gasteiger partial charge in [-0.2, -0.15) is 0 Å². The molecule has 1 atom stereocenters. The van der Waals surface area contributed by atoms with Crippen molar-refractivity contribution in [2.45, 2.75) is 82.9 Å². The smallest absolute Gasteiger partial charge is 0.242 e. The second kappa shape index (κ2) is 10.1. The number of hydrogen-bond donors (Lipinski definition) is 1. The summed E-state index contributed by atoms with van der Waals surface area (Å²) >= 11 is 1.48. The molecular formula is C18H31N3O2S. The average Bonchev–Trinajstić information content (AvgIpc) is 3.15. The van der Waals surface area contributed by atoms with Crippen molar-refractivity contribution < 1.29 is 9.59 Å². The molecule has 1 saturated carbocycles. The van der Waals surface area contributed by atoms with Crippen LogP contribution in [0.5, 0.6) is 0 Å². The van der Waals surface area contributed by atoms with Crippen LogP contribution in [0.3, 0.4) is 0 Å². The molecule has 24 heavy (non-hydrogen) atoms. The third-order valence-corrected chi connectivity index (χ3v) is 5.82. The van der Waals surface area contributed by atoms with Gasteiger partial charge >= 0.3 is 0 Å². The Morgan fingerprint density at radius 3 is 2.62 bits per heavy atom.